The molecule has 1 aliphatic carbocycles. The largest absolute Gasteiger partial charge is 0.461 e. The highest BCUT2D eigenvalue weighted by Crippen LogP contribution is 2.32. The minimum Gasteiger partial charge on any atom is -0.428 e. The normalized spacial score (nSPS) is 18.4. The molecule has 3 rings (SSSR count). The molecule has 0 aliphatic heterocycles. The van der Waals surface area contributed by atoms with Gasteiger partial charge >= 0.3 is 18.6 Å². The van der Waals surface area contributed by atoms with Crippen LogP contribution in [-0.2, 0) is 4.79 Å². The molecule has 0 radical (unpaired) electrons. The van der Waals surface area contributed by atoms with Crippen LogP contribution in [-0.4, -0.2) is 47.8 Å². The van der Waals surface area contributed by atoms with Crippen molar-refractivity contribution < 1.29 is 45.9 Å². The molecule has 3 N–H and O–H groups in total. The molecule has 2 aromatic rings. The van der Waals surface area contributed by atoms with Crippen molar-refractivity contribution in [1.82, 2.24) is 15.7 Å². The van der Waals surface area contributed by atoms with Crippen LogP contribution in [0.5, 0.6) is 5.75 Å². The maximum Gasteiger partial charge on any atom is 0.461 e. The van der Waals surface area contributed by atoms with Crippen LogP contribution in [0.3, 0.4) is 0 Å². The van der Waals surface area contributed by atoms with Crippen LogP contribution in [0, 0.1) is 17.6 Å². The number of ether oxygens (including phenoxy) is 1. The molecule has 7 nitrogen and oxygen atoms in total. The fourth-order valence-electron chi connectivity index (χ4n) is 3.59. The van der Waals surface area contributed by atoms with Crippen molar-refractivity contribution >= 4 is 11.9 Å². The maximum atomic E-state index is 14.2. The first kappa shape index (κ1) is 26.1. The SMILES string of the molecule is CN(O)C(=O)C1CC(NC(=O)N[C@H](c2ccc(F)cc2)c2cc(F)cc(OC(F)(F)C(F)F)c2)C1. The molecule has 0 bridgehead atoms. The van der Waals surface area contributed by atoms with Crippen molar-refractivity contribution in [1.29, 1.82) is 0 Å². The summed E-state index contributed by atoms with van der Waals surface area (Å²) >= 11 is 0. The molecule has 1 fully saturated rings. The minimum absolute atomic E-state index is 0.143. The van der Waals surface area contributed by atoms with Crippen LogP contribution >= 0.6 is 0 Å². The Morgan fingerprint density at radius 2 is 1.69 bits per heavy atom. The van der Waals surface area contributed by atoms with Gasteiger partial charge in [0.15, 0.2) is 0 Å². The summed E-state index contributed by atoms with van der Waals surface area (Å²) in [5.41, 5.74) is 0.0812. The van der Waals surface area contributed by atoms with Gasteiger partial charge in [0.2, 0.25) is 5.91 Å². The van der Waals surface area contributed by atoms with Crippen LogP contribution in [0.2, 0.25) is 0 Å². The van der Waals surface area contributed by atoms with Gasteiger partial charge in [-0.05, 0) is 48.2 Å². The van der Waals surface area contributed by atoms with Crippen LogP contribution in [0.25, 0.3) is 0 Å². The molecule has 190 valence electrons. The maximum absolute atomic E-state index is 14.2. The van der Waals surface area contributed by atoms with Gasteiger partial charge in [-0.3, -0.25) is 10.0 Å². The quantitative estimate of drug-likeness (QED) is 0.285. The number of urea groups is 1. The lowest BCUT2D eigenvalue weighted by Crippen LogP contribution is -2.52. The number of halogens is 6. The van der Waals surface area contributed by atoms with Crippen molar-refractivity contribution in [2.24, 2.45) is 5.92 Å². The summed E-state index contributed by atoms with van der Waals surface area (Å²) in [6.45, 7) is 0. The zero-order valence-corrected chi connectivity index (χ0v) is 18.2. The molecule has 0 unspecified atom stereocenters. The number of benzene rings is 2. The number of alkyl halides is 4. The third-order valence-corrected chi connectivity index (χ3v) is 5.36. The molecule has 0 heterocycles. The van der Waals surface area contributed by atoms with E-state index in [2.05, 4.69) is 15.4 Å². The van der Waals surface area contributed by atoms with Gasteiger partial charge in [-0.1, -0.05) is 12.1 Å². The Labute approximate surface area is 195 Å². The molecule has 0 spiro atoms. The smallest absolute Gasteiger partial charge is 0.428 e. The van der Waals surface area contributed by atoms with Gasteiger partial charge in [-0.15, -0.1) is 0 Å². The second kappa shape index (κ2) is 10.4. The highest BCUT2D eigenvalue weighted by atomic mass is 19.3. The third kappa shape index (κ3) is 6.56. The molecular weight excluding hydrogens is 484 g/mol. The molecule has 1 atom stereocenters. The number of hydrogen-bond acceptors (Lipinski definition) is 4. The Hall–Kier alpha value is -3.48. The van der Waals surface area contributed by atoms with E-state index < -0.39 is 59.9 Å². The van der Waals surface area contributed by atoms with E-state index in [1.54, 1.807) is 0 Å². The van der Waals surface area contributed by atoms with Crippen molar-refractivity contribution in [3.63, 3.8) is 0 Å². The highest BCUT2D eigenvalue weighted by Gasteiger charge is 2.44. The van der Waals surface area contributed by atoms with E-state index in [1.165, 1.54) is 19.2 Å². The fourth-order valence-corrected chi connectivity index (χ4v) is 3.59. The predicted octanol–water partition coefficient (Wildman–Crippen LogP) is 4.22. The zero-order valence-electron chi connectivity index (χ0n) is 18.2. The van der Waals surface area contributed by atoms with Crippen molar-refractivity contribution in [3.8, 4) is 5.75 Å². The lowest BCUT2D eigenvalue weighted by Gasteiger charge is -2.35. The first-order valence-corrected chi connectivity index (χ1v) is 10.3. The number of rotatable bonds is 8. The monoisotopic (exact) mass is 505 g/mol. The number of nitrogens with zero attached hydrogens (tertiary/aromatic N) is 1. The summed E-state index contributed by atoms with van der Waals surface area (Å²) in [6.07, 6.45) is -8.56. The molecule has 3 amide bonds. The van der Waals surface area contributed by atoms with Crippen molar-refractivity contribution in [2.45, 2.75) is 37.5 Å². The summed E-state index contributed by atoms with van der Waals surface area (Å²) in [4.78, 5) is 24.3. The molecule has 1 saturated carbocycles. The Balaban J connectivity index is 1.80. The van der Waals surface area contributed by atoms with Gasteiger partial charge in [0.25, 0.3) is 0 Å². The average molecular weight is 505 g/mol. The Morgan fingerprint density at radius 1 is 1.06 bits per heavy atom. The van der Waals surface area contributed by atoms with E-state index in [4.69, 9.17) is 0 Å². The average Bonchev–Trinajstić information content (AvgIpc) is 2.73. The minimum atomic E-state index is -4.89. The van der Waals surface area contributed by atoms with Crippen molar-refractivity contribution in [2.75, 3.05) is 7.05 Å². The lowest BCUT2D eigenvalue weighted by molar-refractivity contribution is -0.253. The van der Waals surface area contributed by atoms with Crippen LogP contribution < -0.4 is 15.4 Å². The first-order chi connectivity index (χ1) is 16.4. The summed E-state index contributed by atoms with van der Waals surface area (Å²) in [5.74, 6) is -3.63. The highest BCUT2D eigenvalue weighted by molar-refractivity contribution is 5.80. The lowest BCUT2D eigenvalue weighted by atomic mass is 9.79. The Morgan fingerprint density at radius 3 is 2.26 bits per heavy atom. The van der Waals surface area contributed by atoms with E-state index in [1.807, 2.05) is 0 Å². The number of carbonyl (C=O) groups is 2. The van der Waals surface area contributed by atoms with Crippen LogP contribution in [0.1, 0.15) is 30.0 Å². The number of hydrogen-bond donors (Lipinski definition) is 3. The van der Waals surface area contributed by atoms with Gasteiger partial charge in [0.1, 0.15) is 17.4 Å². The number of hydroxylamine groups is 2. The Bertz CT molecular complexity index is 1060. The summed E-state index contributed by atoms with van der Waals surface area (Å²) in [5, 5.41) is 14.7. The second-order valence-corrected chi connectivity index (χ2v) is 8.01. The van der Waals surface area contributed by atoms with E-state index in [-0.39, 0.29) is 24.0 Å². The van der Waals surface area contributed by atoms with E-state index in [0.29, 0.717) is 11.1 Å². The fraction of sp³-hybridized carbons (Fsp3) is 0.364. The molecule has 2 aromatic carbocycles. The summed E-state index contributed by atoms with van der Waals surface area (Å²) in [7, 11) is 1.18. The van der Waals surface area contributed by atoms with Crippen LogP contribution in [0.4, 0.5) is 31.1 Å². The van der Waals surface area contributed by atoms with Gasteiger partial charge < -0.3 is 15.4 Å². The van der Waals surface area contributed by atoms with E-state index in [9.17, 15) is 41.1 Å². The number of amides is 3. The zero-order chi connectivity index (χ0) is 25.9. The molecule has 1 aliphatic rings. The molecule has 0 saturated heterocycles. The standard InChI is InChI=1S/C22H21F6N3O4/c1-31(34)19(32)13-7-16(8-13)29-21(33)30-18(11-2-4-14(23)5-3-11)12-6-15(24)10-17(9-12)35-22(27,28)20(25)26/h2-6,9-10,13,16,18,20,34H,7-8H2,1H3,(H2,29,30,33)/t13?,16?,18-/m1/s1. The Kier molecular flexibility index (Phi) is 7.78. The predicted molar refractivity (Wildman–Crippen MR) is 109 cm³/mol. The van der Waals surface area contributed by atoms with Gasteiger partial charge in [-0.25, -0.2) is 18.6 Å². The van der Waals surface area contributed by atoms with E-state index >= 15 is 0 Å². The second-order valence-electron chi connectivity index (χ2n) is 8.01. The van der Waals surface area contributed by atoms with Gasteiger partial charge in [0, 0.05) is 25.1 Å². The topological polar surface area (TPSA) is 90.9 Å². The molecule has 0 aromatic heterocycles. The van der Waals surface area contributed by atoms with Gasteiger partial charge in [0.05, 0.1) is 6.04 Å². The number of carbonyl (C=O) groups excluding carboxylic acids is 2. The molecule has 35 heavy (non-hydrogen) atoms. The number of nitrogens with one attached hydrogen (secondary N) is 2. The van der Waals surface area contributed by atoms with Crippen molar-refractivity contribution in [3.05, 3.63) is 65.2 Å². The van der Waals surface area contributed by atoms with Crippen LogP contribution in [0.15, 0.2) is 42.5 Å². The summed E-state index contributed by atoms with van der Waals surface area (Å²) < 4.78 is 83.3. The first-order valence-electron chi connectivity index (χ1n) is 10.3. The molecular formula is C22H21F6N3O4. The third-order valence-electron chi connectivity index (χ3n) is 5.36. The summed E-state index contributed by atoms with van der Waals surface area (Å²) in [6, 6.07) is 4.41. The van der Waals surface area contributed by atoms with Gasteiger partial charge in [-0.2, -0.15) is 17.6 Å². The van der Waals surface area contributed by atoms with E-state index in [0.717, 1.165) is 24.3 Å². The molecule has 13 heteroatoms.